The summed E-state index contributed by atoms with van der Waals surface area (Å²) >= 11 is 0. The molecule has 1 aromatic rings. The zero-order chi connectivity index (χ0) is 19.5. The molecule has 6 nitrogen and oxygen atoms in total. The highest BCUT2D eigenvalue weighted by atomic mass is 127. The Hall–Kier alpha value is -1.06. The van der Waals surface area contributed by atoms with Crippen molar-refractivity contribution >= 4 is 29.9 Å². The fourth-order valence-corrected chi connectivity index (χ4v) is 3.44. The number of nitrogens with zero attached hydrogens (tertiary/aromatic N) is 3. The maximum atomic E-state index is 5.79. The van der Waals surface area contributed by atoms with Crippen LogP contribution in [0.3, 0.4) is 0 Å². The second-order valence-corrected chi connectivity index (χ2v) is 7.38. The summed E-state index contributed by atoms with van der Waals surface area (Å²) in [6.07, 6.45) is 3.61. The van der Waals surface area contributed by atoms with Gasteiger partial charge in [-0.25, -0.2) is 0 Å². The van der Waals surface area contributed by atoms with Crippen molar-refractivity contribution in [1.82, 2.24) is 20.4 Å². The second-order valence-electron chi connectivity index (χ2n) is 7.38. The van der Waals surface area contributed by atoms with Gasteiger partial charge in [0.25, 0.3) is 0 Å². The topological polar surface area (TPSA) is 52.1 Å². The number of guanidine groups is 1. The normalized spacial score (nSPS) is 17.5. The molecule has 28 heavy (non-hydrogen) atoms. The lowest BCUT2D eigenvalue weighted by Gasteiger charge is -2.24. The van der Waals surface area contributed by atoms with Gasteiger partial charge in [0.1, 0.15) is 5.75 Å². The molecule has 2 rings (SSSR count). The van der Waals surface area contributed by atoms with E-state index >= 15 is 0 Å². The number of hydrogen-bond donors (Lipinski definition) is 2. The number of rotatable bonds is 10. The minimum atomic E-state index is 0. The molecule has 1 fully saturated rings. The van der Waals surface area contributed by atoms with E-state index in [2.05, 4.69) is 58.6 Å². The molecule has 0 saturated carbocycles. The molecule has 1 heterocycles. The summed E-state index contributed by atoms with van der Waals surface area (Å²) < 4.78 is 5.79. The number of benzene rings is 1. The number of likely N-dealkylation sites (N-methyl/N-ethyl adjacent to an activating group) is 1. The van der Waals surface area contributed by atoms with Gasteiger partial charge in [0.2, 0.25) is 0 Å². The van der Waals surface area contributed by atoms with Crippen LogP contribution in [0.25, 0.3) is 0 Å². The fraction of sp³-hybridized carbons (Fsp3) is 0.667. The van der Waals surface area contributed by atoms with Crippen molar-refractivity contribution in [2.45, 2.75) is 38.8 Å². The monoisotopic (exact) mass is 503 g/mol. The average molecular weight is 503 g/mol. The van der Waals surface area contributed by atoms with Gasteiger partial charge in [-0.3, -0.25) is 9.89 Å². The van der Waals surface area contributed by atoms with Gasteiger partial charge in [-0.2, -0.15) is 0 Å². The average Bonchev–Trinajstić information content (AvgIpc) is 3.14. The van der Waals surface area contributed by atoms with Crippen LogP contribution in [0, 0.1) is 0 Å². The first-order valence-electron chi connectivity index (χ1n) is 10.2. The SMILES string of the molecule is CCN1CCCC1CNC(=NC)NCc1ccc(OCCCN(C)C)cc1.I. The second kappa shape index (κ2) is 14.0. The van der Waals surface area contributed by atoms with E-state index in [0.717, 1.165) is 50.9 Å². The van der Waals surface area contributed by atoms with Crippen molar-refractivity contribution in [3.05, 3.63) is 29.8 Å². The molecule has 0 spiro atoms. The Labute approximate surface area is 188 Å². The van der Waals surface area contributed by atoms with Gasteiger partial charge in [-0.05, 0) is 64.1 Å². The van der Waals surface area contributed by atoms with Crippen LogP contribution < -0.4 is 15.4 Å². The summed E-state index contributed by atoms with van der Waals surface area (Å²) in [6.45, 7) is 8.09. The van der Waals surface area contributed by atoms with Crippen molar-refractivity contribution in [3.8, 4) is 5.75 Å². The van der Waals surface area contributed by atoms with E-state index in [4.69, 9.17) is 4.74 Å². The van der Waals surface area contributed by atoms with Crippen molar-refractivity contribution in [2.24, 2.45) is 4.99 Å². The Morgan fingerprint density at radius 2 is 2.00 bits per heavy atom. The third-order valence-electron chi connectivity index (χ3n) is 5.04. The zero-order valence-electron chi connectivity index (χ0n) is 17.9. The Morgan fingerprint density at radius 1 is 1.25 bits per heavy atom. The largest absolute Gasteiger partial charge is 0.494 e. The summed E-state index contributed by atoms with van der Waals surface area (Å²) in [4.78, 5) is 9.06. The maximum Gasteiger partial charge on any atom is 0.191 e. The molecule has 160 valence electrons. The highest BCUT2D eigenvalue weighted by Gasteiger charge is 2.22. The minimum absolute atomic E-state index is 0. The molecule has 7 heteroatoms. The molecule has 0 bridgehead atoms. The van der Waals surface area contributed by atoms with Gasteiger partial charge < -0.3 is 20.3 Å². The van der Waals surface area contributed by atoms with Gasteiger partial charge in [0, 0.05) is 32.7 Å². The minimum Gasteiger partial charge on any atom is -0.494 e. The van der Waals surface area contributed by atoms with Crippen LogP contribution in [0.2, 0.25) is 0 Å². The van der Waals surface area contributed by atoms with Gasteiger partial charge in [-0.1, -0.05) is 19.1 Å². The number of ether oxygens (including phenoxy) is 1. The molecule has 1 aliphatic heterocycles. The van der Waals surface area contributed by atoms with Crippen LogP contribution >= 0.6 is 24.0 Å². The Bertz CT molecular complexity index is 564. The van der Waals surface area contributed by atoms with E-state index in [1.807, 2.05) is 19.2 Å². The number of nitrogens with one attached hydrogen (secondary N) is 2. The van der Waals surface area contributed by atoms with Crippen LogP contribution in [0.1, 0.15) is 31.7 Å². The van der Waals surface area contributed by atoms with E-state index in [0.29, 0.717) is 6.04 Å². The molecular formula is C21H38IN5O. The molecule has 0 aromatic heterocycles. The first kappa shape index (κ1) is 25.0. The number of hydrogen-bond acceptors (Lipinski definition) is 4. The highest BCUT2D eigenvalue weighted by molar-refractivity contribution is 14.0. The van der Waals surface area contributed by atoms with E-state index in [9.17, 15) is 0 Å². The van der Waals surface area contributed by atoms with E-state index < -0.39 is 0 Å². The van der Waals surface area contributed by atoms with Gasteiger partial charge in [0.05, 0.1) is 6.61 Å². The molecule has 0 amide bonds. The summed E-state index contributed by atoms with van der Waals surface area (Å²) in [5, 5.41) is 6.87. The van der Waals surface area contributed by atoms with Crippen molar-refractivity contribution in [1.29, 1.82) is 0 Å². The van der Waals surface area contributed by atoms with Crippen molar-refractivity contribution in [3.63, 3.8) is 0 Å². The molecule has 0 aliphatic carbocycles. The van der Waals surface area contributed by atoms with Crippen molar-refractivity contribution in [2.75, 3.05) is 53.9 Å². The zero-order valence-corrected chi connectivity index (χ0v) is 20.2. The van der Waals surface area contributed by atoms with Crippen LogP contribution in [-0.2, 0) is 6.54 Å². The molecule has 1 saturated heterocycles. The maximum absolute atomic E-state index is 5.79. The highest BCUT2D eigenvalue weighted by Crippen LogP contribution is 2.15. The molecule has 1 unspecified atom stereocenters. The standard InChI is InChI=1S/C21H37N5O.HI/c1-5-26-14-6-8-19(26)17-24-21(22-2)23-16-18-9-11-20(12-10-18)27-15-7-13-25(3)4;/h9-12,19H,5-8,13-17H2,1-4H3,(H2,22,23,24);1H. The lowest BCUT2D eigenvalue weighted by atomic mass is 10.2. The first-order valence-corrected chi connectivity index (χ1v) is 10.2. The first-order chi connectivity index (χ1) is 13.1. The van der Waals surface area contributed by atoms with Crippen LogP contribution in [0.15, 0.2) is 29.3 Å². The summed E-state index contributed by atoms with van der Waals surface area (Å²) in [7, 11) is 5.99. The quantitative estimate of drug-likeness (QED) is 0.223. The lowest BCUT2D eigenvalue weighted by molar-refractivity contribution is 0.267. The van der Waals surface area contributed by atoms with Gasteiger partial charge >= 0.3 is 0 Å². The summed E-state index contributed by atoms with van der Waals surface area (Å²) in [5.41, 5.74) is 1.22. The van der Waals surface area contributed by atoms with E-state index in [-0.39, 0.29) is 24.0 Å². The third kappa shape index (κ3) is 8.96. The van der Waals surface area contributed by atoms with E-state index in [1.54, 1.807) is 0 Å². The third-order valence-corrected chi connectivity index (χ3v) is 5.04. The number of halogens is 1. The van der Waals surface area contributed by atoms with Gasteiger partial charge in [0.15, 0.2) is 5.96 Å². The molecular weight excluding hydrogens is 465 g/mol. The molecule has 2 N–H and O–H groups in total. The predicted octanol–water partition coefficient (Wildman–Crippen LogP) is 2.78. The summed E-state index contributed by atoms with van der Waals surface area (Å²) in [6, 6.07) is 8.92. The predicted molar refractivity (Wildman–Crippen MR) is 129 cm³/mol. The van der Waals surface area contributed by atoms with Crippen molar-refractivity contribution < 1.29 is 4.74 Å². The van der Waals surface area contributed by atoms with Gasteiger partial charge in [-0.15, -0.1) is 24.0 Å². The smallest absolute Gasteiger partial charge is 0.191 e. The summed E-state index contributed by atoms with van der Waals surface area (Å²) in [5.74, 6) is 1.79. The Kier molecular flexibility index (Phi) is 12.5. The Balaban J connectivity index is 0.00000392. The Morgan fingerprint density at radius 3 is 2.64 bits per heavy atom. The van der Waals surface area contributed by atoms with Crippen LogP contribution in [0.5, 0.6) is 5.75 Å². The fourth-order valence-electron chi connectivity index (χ4n) is 3.44. The molecule has 1 aromatic carbocycles. The molecule has 1 atom stereocenters. The van der Waals surface area contributed by atoms with Crippen LogP contribution in [0.4, 0.5) is 0 Å². The van der Waals surface area contributed by atoms with E-state index in [1.165, 1.54) is 24.9 Å². The molecule has 1 aliphatic rings. The number of likely N-dealkylation sites (tertiary alicyclic amines) is 1. The van der Waals surface area contributed by atoms with Crippen LogP contribution in [-0.4, -0.2) is 75.7 Å². The number of aliphatic imine (C=N–C) groups is 1. The molecule has 0 radical (unpaired) electrons. The lowest BCUT2D eigenvalue weighted by Crippen LogP contribution is -2.44.